The Kier molecular flexibility index (Phi) is 5.35. The fraction of sp³-hybridized carbons (Fsp3) is 0.333. The highest BCUT2D eigenvalue weighted by Gasteiger charge is 2.28. The summed E-state index contributed by atoms with van der Waals surface area (Å²) in [6.07, 6.45) is 0. The summed E-state index contributed by atoms with van der Waals surface area (Å²) in [6, 6.07) is 10.2. The average Bonchev–Trinajstić information content (AvgIpc) is 2.51. The number of nitrogens with zero attached hydrogens (tertiary/aromatic N) is 2. The summed E-state index contributed by atoms with van der Waals surface area (Å²) in [5.41, 5.74) is 2.03. The smallest absolute Gasteiger partial charge is 0.146 e. The Hall–Kier alpha value is 0.0200. The zero-order valence-corrected chi connectivity index (χ0v) is 16.0. The third-order valence-electron chi connectivity index (χ3n) is 3.32. The molecule has 0 spiro atoms. The third-order valence-corrected chi connectivity index (χ3v) is 8.02. The predicted octanol–water partition coefficient (Wildman–Crippen LogP) is 5.31. The van der Waals surface area contributed by atoms with E-state index in [2.05, 4.69) is 46.6 Å². The molecule has 1 saturated heterocycles. The molecular weight excluding hydrogens is 435 g/mol. The normalized spacial score (nSPS) is 22.2. The number of halogens is 2. The summed E-state index contributed by atoms with van der Waals surface area (Å²) in [6.45, 7) is 2.25. The molecule has 3 rings (SSSR count). The first-order valence-electron chi connectivity index (χ1n) is 6.68. The molecule has 0 N–H and O–H groups in total. The summed E-state index contributed by atoms with van der Waals surface area (Å²) in [5.74, 6) is 3.21. The van der Waals surface area contributed by atoms with E-state index in [0.29, 0.717) is 15.7 Å². The summed E-state index contributed by atoms with van der Waals surface area (Å²) < 4.78 is 0.922. The minimum absolute atomic E-state index is 0.320. The molecule has 1 aromatic heterocycles. The highest BCUT2D eigenvalue weighted by atomic mass is 127. The summed E-state index contributed by atoms with van der Waals surface area (Å²) in [4.78, 5) is 9.39. The lowest BCUT2D eigenvalue weighted by atomic mass is 10.1. The minimum atomic E-state index is 0.320. The second kappa shape index (κ2) is 7.06. The summed E-state index contributed by atoms with van der Waals surface area (Å²) >= 11 is 12.5. The van der Waals surface area contributed by atoms with Crippen LogP contribution >= 0.6 is 57.7 Å². The van der Waals surface area contributed by atoms with E-state index in [9.17, 15) is 0 Å². The minimum Gasteiger partial charge on any atom is -0.230 e. The Balaban J connectivity index is 2.05. The van der Waals surface area contributed by atoms with E-state index in [-0.39, 0.29) is 0 Å². The standard InChI is InChI=1S/C15H14ClIN2S2/c1-9-13(21-8-7-20-9)15-18-12(11(17)14(16)19-15)10-5-3-2-4-6-10/h2-6,9,13H,7-8H2,1H3. The van der Waals surface area contributed by atoms with Gasteiger partial charge in [-0.15, -0.1) is 11.8 Å². The third kappa shape index (κ3) is 3.51. The van der Waals surface area contributed by atoms with E-state index >= 15 is 0 Å². The van der Waals surface area contributed by atoms with Gasteiger partial charge >= 0.3 is 0 Å². The highest BCUT2D eigenvalue weighted by molar-refractivity contribution is 14.1. The molecule has 21 heavy (non-hydrogen) atoms. The molecule has 2 unspecified atom stereocenters. The van der Waals surface area contributed by atoms with Crippen molar-refractivity contribution < 1.29 is 0 Å². The SMILES string of the molecule is CC1SCCSC1c1nc(Cl)c(I)c(-c2ccccc2)n1. The van der Waals surface area contributed by atoms with Crippen molar-refractivity contribution >= 4 is 57.7 Å². The number of hydrogen-bond donors (Lipinski definition) is 0. The van der Waals surface area contributed by atoms with Crippen molar-refractivity contribution in [2.45, 2.75) is 17.4 Å². The Morgan fingerprint density at radius 1 is 1.14 bits per heavy atom. The molecule has 2 heterocycles. The fourth-order valence-electron chi connectivity index (χ4n) is 2.27. The van der Waals surface area contributed by atoms with Crippen molar-refractivity contribution in [3.05, 3.63) is 44.9 Å². The Bertz CT molecular complexity index is 639. The molecule has 2 nitrogen and oxygen atoms in total. The first-order valence-corrected chi connectivity index (χ1v) is 10.2. The van der Waals surface area contributed by atoms with E-state index in [1.54, 1.807) is 0 Å². The number of hydrogen-bond acceptors (Lipinski definition) is 4. The summed E-state index contributed by atoms with van der Waals surface area (Å²) in [5, 5.41) is 1.40. The van der Waals surface area contributed by atoms with Gasteiger partial charge in [0.05, 0.1) is 14.5 Å². The molecule has 2 aromatic rings. The van der Waals surface area contributed by atoms with Gasteiger partial charge in [-0.05, 0) is 22.6 Å². The molecule has 0 radical (unpaired) electrons. The van der Waals surface area contributed by atoms with Crippen LogP contribution in [0, 0.1) is 3.57 Å². The van der Waals surface area contributed by atoms with Crippen LogP contribution in [0.25, 0.3) is 11.3 Å². The Morgan fingerprint density at radius 3 is 2.57 bits per heavy atom. The molecule has 0 bridgehead atoms. The lowest BCUT2D eigenvalue weighted by Gasteiger charge is -2.27. The molecule has 1 fully saturated rings. The van der Waals surface area contributed by atoms with Crippen LogP contribution in [0.4, 0.5) is 0 Å². The maximum atomic E-state index is 6.36. The van der Waals surface area contributed by atoms with E-state index in [4.69, 9.17) is 16.6 Å². The molecule has 1 aromatic carbocycles. The van der Waals surface area contributed by atoms with Crippen LogP contribution in [-0.4, -0.2) is 26.7 Å². The highest BCUT2D eigenvalue weighted by Crippen LogP contribution is 2.42. The second-order valence-electron chi connectivity index (χ2n) is 4.77. The number of aromatic nitrogens is 2. The second-order valence-corrected chi connectivity index (χ2v) is 8.94. The monoisotopic (exact) mass is 448 g/mol. The van der Waals surface area contributed by atoms with Gasteiger partial charge in [0, 0.05) is 22.3 Å². The van der Waals surface area contributed by atoms with Gasteiger partial charge in [0.25, 0.3) is 0 Å². The summed E-state index contributed by atoms with van der Waals surface area (Å²) in [7, 11) is 0. The Morgan fingerprint density at radius 2 is 1.86 bits per heavy atom. The fourth-order valence-corrected chi connectivity index (χ4v) is 5.68. The van der Waals surface area contributed by atoms with Crippen LogP contribution in [-0.2, 0) is 0 Å². The van der Waals surface area contributed by atoms with Crippen LogP contribution in [0.2, 0.25) is 5.15 Å². The number of rotatable bonds is 2. The molecule has 0 aliphatic carbocycles. The zero-order valence-electron chi connectivity index (χ0n) is 11.4. The zero-order chi connectivity index (χ0) is 14.8. The maximum Gasteiger partial charge on any atom is 0.146 e. The van der Waals surface area contributed by atoms with Crippen LogP contribution in [0.5, 0.6) is 0 Å². The van der Waals surface area contributed by atoms with Gasteiger partial charge in [-0.25, -0.2) is 9.97 Å². The number of benzene rings is 1. The maximum absolute atomic E-state index is 6.36. The van der Waals surface area contributed by atoms with E-state index < -0.39 is 0 Å². The quantitative estimate of drug-likeness (QED) is 0.459. The topological polar surface area (TPSA) is 25.8 Å². The van der Waals surface area contributed by atoms with E-state index in [1.807, 2.05) is 41.7 Å². The Labute approximate surface area is 152 Å². The van der Waals surface area contributed by atoms with Gasteiger partial charge < -0.3 is 0 Å². The van der Waals surface area contributed by atoms with Crippen molar-refractivity contribution in [3.63, 3.8) is 0 Å². The average molecular weight is 449 g/mol. The van der Waals surface area contributed by atoms with Gasteiger partial charge in [0.15, 0.2) is 0 Å². The van der Waals surface area contributed by atoms with Crippen LogP contribution in [0.3, 0.4) is 0 Å². The van der Waals surface area contributed by atoms with Crippen molar-refractivity contribution in [2.75, 3.05) is 11.5 Å². The van der Waals surface area contributed by atoms with Crippen molar-refractivity contribution in [2.24, 2.45) is 0 Å². The van der Waals surface area contributed by atoms with Gasteiger partial charge in [-0.1, -0.05) is 48.9 Å². The van der Waals surface area contributed by atoms with Crippen molar-refractivity contribution in [1.82, 2.24) is 9.97 Å². The van der Waals surface area contributed by atoms with Gasteiger partial charge in [0.1, 0.15) is 11.0 Å². The molecule has 2 atom stereocenters. The predicted molar refractivity (Wildman–Crippen MR) is 102 cm³/mol. The van der Waals surface area contributed by atoms with Gasteiger partial charge in [0.2, 0.25) is 0 Å². The first-order chi connectivity index (χ1) is 10.2. The van der Waals surface area contributed by atoms with Crippen LogP contribution in [0.15, 0.2) is 30.3 Å². The van der Waals surface area contributed by atoms with Crippen molar-refractivity contribution in [1.29, 1.82) is 0 Å². The molecule has 110 valence electrons. The largest absolute Gasteiger partial charge is 0.230 e. The molecule has 1 aliphatic rings. The first kappa shape index (κ1) is 15.9. The van der Waals surface area contributed by atoms with Crippen molar-refractivity contribution in [3.8, 4) is 11.3 Å². The molecule has 0 saturated carbocycles. The molecule has 1 aliphatic heterocycles. The molecule has 6 heteroatoms. The lowest BCUT2D eigenvalue weighted by molar-refractivity contribution is 0.823. The molecule has 0 amide bonds. The van der Waals surface area contributed by atoms with E-state index in [0.717, 1.165) is 26.4 Å². The van der Waals surface area contributed by atoms with E-state index in [1.165, 1.54) is 5.75 Å². The van der Waals surface area contributed by atoms with Crippen LogP contribution < -0.4 is 0 Å². The van der Waals surface area contributed by atoms with Crippen LogP contribution in [0.1, 0.15) is 18.0 Å². The molecular formula is C15H14ClIN2S2. The van der Waals surface area contributed by atoms with Gasteiger partial charge in [-0.2, -0.15) is 11.8 Å². The number of thioether (sulfide) groups is 2. The van der Waals surface area contributed by atoms with Gasteiger partial charge in [-0.3, -0.25) is 0 Å². The lowest BCUT2D eigenvalue weighted by Crippen LogP contribution is -2.18.